The number of nitrogens with one attached hydrogen (secondary N) is 1. The number of hydrogen-bond donors (Lipinski definition) is 1. The van der Waals surface area contributed by atoms with Gasteiger partial charge in [0.1, 0.15) is 12.7 Å². The summed E-state index contributed by atoms with van der Waals surface area (Å²) in [5.41, 5.74) is 1.34. The minimum absolute atomic E-state index is 0.346. The molecule has 21 heavy (non-hydrogen) atoms. The summed E-state index contributed by atoms with van der Waals surface area (Å²) in [6.45, 7) is 2.60. The summed E-state index contributed by atoms with van der Waals surface area (Å²) in [5.74, 6) is 0. The van der Waals surface area contributed by atoms with Crippen molar-refractivity contribution in [1.82, 2.24) is 20.1 Å². The van der Waals surface area contributed by atoms with Crippen molar-refractivity contribution in [2.24, 2.45) is 0 Å². The van der Waals surface area contributed by atoms with Crippen molar-refractivity contribution < 1.29 is 4.74 Å². The van der Waals surface area contributed by atoms with Crippen molar-refractivity contribution in [3.8, 4) is 0 Å². The van der Waals surface area contributed by atoms with E-state index in [2.05, 4.69) is 45.7 Å². The molecule has 1 aromatic heterocycles. The van der Waals surface area contributed by atoms with Crippen LogP contribution in [0.4, 0.5) is 0 Å². The fourth-order valence-corrected chi connectivity index (χ4v) is 2.79. The van der Waals surface area contributed by atoms with Gasteiger partial charge in [0, 0.05) is 31.8 Å². The van der Waals surface area contributed by atoms with Gasteiger partial charge in [0.2, 0.25) is 0 Å². The van der Waals surface area contributed by atoms with Gasteiger partial charge in [-0.3, -0.25) is 4.68 Å². The van der Waals surface area contributed by atoms with Crippen molar-refractivity contribution in [1.29, 1.82) is 0 Å². The Labute approximate surface area is 125 Å². The van der Waals surface area contributed by atoms with Crippen LogP contribution < -0.4 is 5.32 Å². The Hall–Kier alpha value is -1.72. The van der Waals surface area contributed by atoms with Crippen molar-refractivity contribution in [3.63, 3.8) is 0 Å². The SMILES string of the molecule is c1ccc([C@H](CCn2cncn2)NC2CCOCC2)cc1. The van der Waals surface area contributed by atoms with E-state index >= 15 is 0 Å². The molecular formula is C16H22N4O. The summed E-state index contributed by atoms with van der Waals surface area (Å²) >= 11 is 0. The lowest BCUT2D eigenvalue weighted by molar-refractivity contribution is 0.0742. The first-order chi connectivity index (χ1) is 10.4. The maximum atomic E-state index is 5.44. The maximum absolute atomic E-state index is 5.44. The van der Waals surface area contributed by atoms with Gasteiger partial charge in [-0.1, -0.05) is 30.3 Å². The Kier molecular flexibility index (Phi) is 4.97. The zero-order chi connectivity index (χ0) is 14.3. The molecule has 0 radical (unpaired) electrons. The second-order valence-electron chi connectivity index (χ2n) is 5.46. The summed E-state index contributed by atoms with van der Waals surface area (Å²) in [7, 11) is 0. The van der Waals surface area contributed by atoms with Crippen molar-refractivity contribution in [2.45, 2.75) is 37.9 Å². The van der Waals surface area contributed by atoms with E-state index in [1.807, 2.05) is 4.68 Å². The van der Waals surface area contributed by atoms with Gasteiger partial charge in [-0.25, -0.2) is 4.98 Å². The zero-order valence-corrected chi connectivity index (χ0v) is 12.2. The molecule has 0 saturated carbocycles. The van der Waals surface area contributed by atoms with Crippen LogP contribution in [0.1, 0.15) is 30.9 Å². The fourth-order valence-electron chi connectivity index (χ4n) is 2.79. The van der Waals surface area contributed by atoms with E-state index in [0.29, 0.717) is 12.1 Å². The van der Waals surface area contributed by atoms with Crippen molar-refractivity contribution in [2.75, 3.05) is 13.2 Å². The van der Waals surface area contributed by atoms with Gasteiger partial charge in [0.25, 0.3) is 0 Å². The lowest BCUT2D eigenvalue weighted by Gasteiger charge is -2.29. The maximum Gasteiger partial charge on any atom is 0.137 e. The van der Waals surface area contributed by atoms with Crippen molar-refractivity contribution in [3.05, 3.63) is 48.5 Å². The van der Waals surface area contributed by atoms with Crippen molar-refractivity contribution >= 4 is 0 Å². The Balaban J connectivity index is 1.65. The number of rotatable bonds is 6. The van der Waals surface area contributed by atoms with Gasteiger partial charge in [-0.2, -0.15) is 5.10 Å². The summed E-state index contributed by atoms with van der Waals surface area (Å²) in [5, 5.41) is 7.98. The largest absolute Gasteiger partial charge is 0.381 e. The number of aromatic nitrogens is 3. The quantitative estimate of drug-likeness (QED) is 0.884. The predicted octanol–water partition coefficient (Wildman–Crippen LogP) is 2.18. The number of benzene rings is 1. The number of aryl methyl sites for hydroxylation is 1. The first kappa shape index (κ1) is 14.2. The van der Waals surface area contributed by atoms with Gasteiger partial charge >= 0.3 is 0 Å². The monoisotopic (exact) mass is 286 g/mol. The molecule has 5 heteroatoms. The predicted molar refractivity (Wildman–Crippen MR) is 80.8 cm³/mol. The third kappa shape index (κ3) is 4.12. The lowest BCUT2D eigenvalue weighted by atomic mass is 10.0. The summed E-state index contributed by atoms with van der Waals surface area (Å²) in [4.78, 5) is 4.00. The first-order valence-corrected chi connectivity index (χ1v) is 7.63. The lowest BCUT2D eigenvalue weighted by Crippen LogP contribution is -2.37. The molecular weight excluding hydrogens is 264 g/mol. The van der Waals surface area contributed by atoms with Crippen LogP contribution in [0.15, 0.2) is 43.0 Å². The van der Waals surface area contributed by atoms with E-state index in [1.165, 1.54) is 5.56 Å². The molecule has 1 saturated heterocycles. The molecule has 1 aromatic carbocycles. The molecule has 0 spiro atoms. The van der Waals surface area contributed by atoms with E-state index in [1.54, 1.807) is 12.7 Å². The van der Waals surface area contributed by atoms with E-state index in [0.717, 1.165) is 39.0 Å². The zero-order valence-electron chi connectivity index (χ0n) is 12.2. The van der Waals surface area contributed by atoms with Gasteiger partial charge in [-0.15, -0.1) is 0 Å². The molecule has 1 N–H and O–H groups in total. The molecule has 1 fully saturated rings. The second kappa shape index (κ2) is 7.33. The third-order valence-corrected chi connectivity index (χ3v) is 3.97. The molecule has 2 aromatic rings. The van der Waals surface area contributed by atoms with E-state index in [9.17, 15) is 0 Å². The topological polar surface area (TPSA) is 52.0 Å². The van der Waals surface area contributed by atoms with Crippen LogP contribution in [0.3, 0.4) is 0 Å². The van der Waals surface area contributed by atoms with Crippen LogP contribution in [0, 0.1) is 0 Å². The Morgan fingerprint density at radius 1 is 1.24 bits per heavy atom. The molecule has 1 aliphatic rings. The highest BCUT2D eigenvalue weighted by atomic mass is 16.5. The van der Waals surface area contributed by atoms with E-state index in [4.69, 9.17) is 4.74 Å². The molecule has 2 heterocycles. The number of hydrogen-bond acceptors (Lipinski definition) is 4. The van der Waals surface area contributed by atoms with Crippen LogP contribution in [-0.4, -0.2) is 34.0 Å². The highest BCUT2D eigenvalue weighted by molar-refractivity contribution is 5.19. The van der Waals surface area contributed by atoms with Crippen LogP contribution in [0.2, 0.25) is 0 Å². The van der Waals surface area contributed by atoms with Crippen LogP contribution in [0.25, 0.3) is 0 Å². The van der Waals surface area contributed by atoms with E-state index in [-0.39, 0.29) is 0 Å². The first-order valence-electron chi connectivity index (χ1n) is 7.63. The molecule has 0 aliphatic carbocycles. The van der Waals surface area contributed by atoms with Crippen LogP contribution >= 0.6 is 0 Å². The molecule has 5 nitrogen and oxygen atoms in total. The van der Waals surface area contributed by atoms with Crippen LogP contribution in [-0.2, 0) is 11.3 Å². The molecule has 1 atom stereocenters. The summed E-state index contributed by atoms with van der Waals surface area (Å²) in [6, 6.07) is 11.5. The van der Waals surface area contributed by atoms with E-state index < -0.39 is 0 Å². The molecule has 0 bridgehead atoms. The highest BCUT2D eigenvalue weighted by Gasteiger charge is 2.19. The standard InChI is InChI=1S/C16H22N4O/c1-2-4-14(5-3-1)16(6-9-20-13-17-12-18-20)19-15-7-10-21-11-8-15/h1-5,12-13,15-16,19H,6-11H2/t16-/m0/s1. The highest BCUT2D eigenvalue weighted by Crippen LogP contribution is 2.20. The number of nitrogens with zero attached hydrogens (tertiary/aromatic N) is 3. The molecule has 0 unspecified atom stereocenters. The summed E-state index contributed by atoms with van der Waals surface area (Å²) in [6.07, 6.45) is 6.55. The van der Waals surface area contributed by atoms with Gasteiger partial charge in [0.05, 0.1) is 0 Å². The Morgan fingerprint density at radius 2 is 2.05 bits per heavy atom. The van der Waals surface area contributed by atoms with Crippen LogP contribution in [0.5, 0.6) is 0 Å². The minimum Gasteiger partial charge on any atom is -0.381 e. The normalized spacial score (nSPS) is 17.7. The van der Waals surface area contributed by atoms with Gasteiger partial charge in [0.15, 0.2) is 0 Å². The average molecular weight is 286 g/mol. The third-order valence-electron chi connectivity index (χ3n) is 3.97. The smallest absolute Gasteiger partial charge is 0.137 e. The summed E-state index contributed by atoms with van der Waals surface area (Å²) < 4.78 is 7.33. The molecule has 1 aliphatic heterocycles. The number of ether oxygens (including phenoxy) is 1. The van der Waals surface area contributed by atoms with Gasteiger partial charge in [-0.05, 0) is 24.8 Å². The Morgan fingerprint density at radius 3 is 2.76 bits per heavy atom. The molecule has 3 rings (SSSR count). The Bertz CT molecular complexity index is 508. The average Bonchev–Trinajstić information content (AvgIpc) is 3.07. The minimum atomic E-state index is 0.346. The fraction of sp³-hybridized carbons (Fsp3) is 0.500. The van der Waals surface area contributed by atoms with Gasteiger partial charge < -0.3 is 10.1 Å². The molecule has 112 valence electrons. The molecule has 0 amide bonds. The second-order valence-corrected chi connectivity index (χ2v) is 5.46.